The van der Waals surface area contributed by atoms with Crippen LogP contribution in [0.5, 0.6) is 11.5 Å². The van der Waals surface area contributed by atoms with Crippen LogP contribution in [0, 0.1) is 5.82 Å². The van der Waals surface area contributed by atoms with Gasteiger partial charge in [-0.1, -0.05) is 24.3 Å². The predicted molar refractivity (Wildman–Crippen MR) is 71.3 cm³/mol. The van der Waals surface area contributed by atoms with E-state index in [1.807, 2.05) is 24.3 Å². The molecular formula is C15H12ClFO2. The van der Waals surface area contributed by atoms with Crippen LogP contribution in [0.4, 0.5) is 4.39 Å². The van der Waals surface area contributed by atoms with Crippen molar-refractivity contribution in [3.8, 4) is 11.5 Å². The topological polar surface area (TPSA) is 18.5 Å². The van der Waals surface area contributed by atoms with Gasteiger partial charge >= 0.3 is 0 Å². The largest absolute Gasteiger partial charge is 0.454 e. The number of fused-ring (bicyclic) bond motifs is 1. The van der Waals surface area contributed by atoms with Crippen molar-refractivity contribution < 1.29 is 13.9 Å². The van der Waals surface area contributed by atoms with Crippen molar-refractivity contribution in [1.82, 2.24) is 0 Å². The Bertz CT molecular complexity index is 600. The summed E-state index contributed by atoms with van der Waals surface area (Å²) in [5.41, 5.74) is 1.51. The lowest BCUT2D eigenvalue weighted by atomic mass is 10.0. The fourth-order valence-electron chi connectivity index (χ4n) is 2.08. The zero-order valence-corrected chi connectivity index (χ0v) is 10.9. The number of rotatable bonds is 3. The molecule has 0 aliphatic carbocycles. The maximum absolute atomic E-state index is 13.6. The first kappa shape index (κ1) is 12.3. The first-order valence-electron chi connectivity index (χ1n) is 6.01. The summed E-state index contributed by atoms with van der Waals surface area (Å²) in [6, 6.07) is 12.2. The van der Waals surface area contributed by atoms with Gasteiger partial charge in [0.2, 0.25) is 6.79 Å². The van der Waals surface area contributed by atoms with E-state index < -0.39 is 0 Å². The molecule has 0 fully saturated rings. The molecule has 0 saturated heterocycles. The van der Waals surface area contributed by atoms with Crippen molar-refractivity contribution in [2.24, 2.45) is 0 Å². The number of hydrogen-bond donors (Lipinski definition) is 0. The summed E-state index contributed by atoms with van der Waals surface area (Å²) in [7, 11) is 0. The van der Waals surface area contributed by atoms with Crippen molar-refractivity contribution in [3.05, 3.63) is 59.4 Å². The van der Waals surface area contributed by atoms with Crippen LogP contribution in [0.3, 0.4) is 0 Å². The molecule has 0 amide bonds. The van der Waals surface area contributed by atoms with Gasteiger partial charge in [0.05, 0.1) is 5.38 Å². The number of alkyl halides is 1. The normalized spacial score (nSPS) is 14.4. The van der Waals surface area contributed by atoms with Crippen molar-refractivity contribution >= 4 is 11.6 Å². The van der Waals surface area contributed by atoms with E-state index >= 15 is 0 Å². The summed E-state index contributed by atoms with van der Waals surface area (Å²) in [4.78, 5) is 0. The van der Waals surface area contributed by atoms with E-state index in [9.17, 15) is 4.39 Å². The van der Waals surface area contributed by atoms with E-state index in [1.54, 1.807) is 12.1 Å². The molecule has 2 aromatic carbocycles. The van der Waals surface area contributed by atoms with Gasteiger partial charge in [-0.05, 0) is 35.7 Å². The molecule has 1 aliphatic heterocycles. The van der Waals surface area contributed by atoms with E-state index in [0.717, 1.165) is 11.3 Å². The molecule has 19 heavy (non-hydrogen) atoms. The molecule has 0 radical (unpaired) electrons. The SMILES string of the molecule is Fc1ccccc1CC(Cl)c1ccc2c(c1)OCO2. The molecule has 0 spiro atoms. The number of halogens is 2. The highest BCUT2D eigenvalue weighted by Gasteiger charge is 2.17. The Morgan fingerprint density at radius 3 is 2.74 bits per heavy atom. The van der Waals surface area contributed by atoms with Crippen LogP contribution < -0.4 is 9.47 Å². The lowest BCUT2D eigenvalue weighted by molar-refractivity contribution is 0.174. The minimum absolute atomic E-state index is 0.228. The fourth-order valence-corrected chi connectivity index (χ4v) is 2.38. The molecule has 1 aliphatic rings. The average molecular weight is 279 g/mol. The van der Waals surface area contributed by atoms with E-state index in [0.29, 0.717) is 17.7 Å². The lowest BCUT2D eigenvalue weighted by Gasteiger charge is -2.11. The minimum Gasteiger partial charge on any atom is -0.454 e. The van der Waals surface area contributed by atoms with Crippen LogP contribution in [0.1, 0.15) is 16.5 Å². The van der Waals surface area contributed by atoms with Gasteiger partial charge in [-0.25, -0.2) is 4.39 Å². The Balaban J connectivity index is 1.81. The smallest absolute Gasteiger partial charge is 0.231 e. The summed E-state index contributed by atoms with van der Waals surface area (Å²) in [6.45, 7) is 0.235. The number of hydrogen-bond acceptors (Lipinski definition) is 2. The Kier molecular flexibility index (Phi) is 3.30. The van der Waals surface area contributed by atoms with Gasteiger partial charge in [-0.3, -0.25) is 0 Å². The van der Waals surface area contributed by atoms with Crippen molar-refractivity contribution in [1.29, 1.82) is 0 Å². The predicted octanol–water partition coefficient (Wildman–Crippen LogP) is 4.08. The fraction of sp³-hybridized carbons (Fsp3) is 0.200. The van der Waals surface area contributed by atoms with Crippen LogP contribution in [-0.2, 0) is 6.42 Å². The van der Waals surface area contributed by atoms with E-state index in [2.05, 4.69) is 0 Å². The minimum atomic E-state index is -0.300. The van der Waals surface area contributed by atoms with E-state index in [-0.39, 0.29) is 18.0 Å². The molecule has 2 nitrogen and oxygen atoms in total. The van der Waals surface area contributed by atoms with Crippen LogP contribution >= 0.6 is 11.6 Å². The van der Waals surface area contributed by atoms with Crippen molar-refractivity contribution in [2.45, 2.75) is 11.8 Å². The molecule has 1 unspecified atom stereocenters. The van der Waals surface area contributed by atoms with E-state index in [4.69, 9.17) is 21.1 Å². The molecule has 0 aromatic heterocycles. The highest BCUT2D eigenvalue weighted by molar-refractivity contribution is 6.21. The highest BCUT2D eigenvalue weighted by Crippen LogP contribution is 2.36. The van der Waals surface area contributed by atoms with Gasteiger partial charge in [0, 0.05) is 0 Å². The van der Waals surface area contributed by atoms with Crippen LogP contribution in [0.2, 0.25) is 0 Å². The Morgan fingerprint density at radius 1 is 1.11 bits per heavy atom. The summed E-state index contributed by atoms with van der Waals surface area (Å²) < 4.78 is 24.1. The quantitative estimate of drug-likeness (QED) is 0.788. The standard InChI is InChI=1S/C15H12ClFO2/c16-12(7-11-3-1-2-4-13(11)17)10-5-6-14-15(8-10)19-9-18-14/h1-6,8,12H,7,9H2. The van der Waals surface area contributed by atoms with Crippen LogP contribution in [0.25, 0.3) is 0 Å². The van der Waals surface area contributed by atoms with Gasteiger partial charge in [-0.15, -0.1) is 11.6 Å². The third-order valence-corrected chi connectivity index (χ3v) is 3.52. The number of ether oxygens (including phenoxy) is 2. The maximum Gasteiger partial charge on any atom is 0.231 e. The molecule has 3 rings (SSSR count). The summed E-state index contributed by atoms with van der Waals surface area (Å²) in [6.07, 6.45) is 0.438. The Labute approximate surface area is 115 Å². The summed E-state index contributed by atoms with van der Waals surface area (Å²) in [5.74, 6) is 1.18. The van der Waals surface area contributed by atoms with Crippen molar-refractivity contribution in [2.75, 3.05) is 6.79 Å². The Hall–Kier alpha value is -1.74. The molecule has 1 atom stereocenters. The maximum atomic E-state index is 13.6. The summed E-state index contributed by atoms with van der Waals surface area (Å²) in [5, 5.41) is -0.300. The molecule has 0 saturated carbocycles. The van der Waals surface area contributed by atoms with Crippen LogP contribution in [0.15, 0.2) is 42.5 Å². The molecule has 2 aromatic rings. The molecule has 0 bridgehead atoms. The van der Waals surface area contributed by atoms with Gasteiger partial charge in [0.1, 0.15) is 5.82 Å². The molecule has 4 heteroatoms. The van der Waals surface area contributed by atoms with Gasteiger partial charge in [0.25, 0.3) is 0 Å². The summed E-state index contributed by atoms with van der Waals surface area (Å²) >= 11 is 6.35. The highest BCUT2D eigenvalue weighted by atomic mass is 35.5. The zero-order chi connectivity index (χ0) is 13.2. The monoisotopic (exact) mass is 278 g/mol. The molecule has 98 valence electrons. The van der Waals surface area contributed by atoms with Gasteiger partial charge in [0.15, 0.2) is 11.5 Å². The second-order valence-electron chi connectivity index (χ2n) is 4.38. The average Bonchev–Trinajstić information content (AvgIpc) is 2.88. The van der Waals surface area contributed by atoms with E-state index in [1.165, 1.54) is 6.07 Å². The molecular weight excluding hydrogens is 267 g/mol. The third-order valence-electron chi connectivity index (χ3n) is 3.12. The second-order valence-corrected chi connectivity index (χ2v) is 4.90. The van der Waals surface area contributed by atoms with Crippen LogP contribution in [-0.4, -0.2) is 6.79 Å². The Morgan fingerprint density at radius 2 is 1.89 bits per heavy atom. The van der Waals surface area contributed by atoms with Gasteiger partial charge in [-0.2, -0.15) is 0 Å². The molecule has 0 N–H and O–H groups in total. The first-order chi connectivity index (χ1) is 9.24. The second kappa shape index (κ2) is 5.10. The lowest BCUT2D eigenvalue weighted by Crippen LogP contribution is -1.98. The third kappa shape index (κ3) is 2.51. The molecule has 1 heterocycles. The first-order valence-corrected chi connectivity index (χ1v) is 6.45. The van der Waals surface area contributed by atoms with Gasteiger partial charge < -0.3 is 9.47 Å². The number of benzene rings is 2. The zero-order valence-electron chi connectivity index (χ0n) is 10.1. The van der Waals surface area contributed by atoms with Crippen molar-refractivity contribution in [3.63, 3.8) is 0 Å².